The lowest BCUT2D eigenvalue weighted by Gasteiger charge is -2.24. The molecule has 1 fully saturated rings. The molecule has 1 aromatic carbocycles. The van der Waals surface area contributed by atoms with Crippen molar-refractivity contribution in [1.82, 2.24) is 4.90 Å². The van der Waals surface area contributed by atoms with Crippen molar-refractivity contribution in [1.29, 1.82) is 0 Å². The first-order valence-electron chi connectivity index (χ1n) is 5.91. The average molecular weight is 314 g/mol. The minimum atomic E-state index is -0.782. The molecule has 0 aliphatic carbocycles. The number of benzene rings is 1. The molecule has 18 heavy (non-hydrogen) atoms. The van der Waals surface area contributed by atoms with Crippen LogP contribution in [-0.4, -0.2) is 36.2 Å². The molecule has 5 heteroatoms. The predicted octanol–water partition coefficient (Wildman–Crippen LogP) is 2.68. The van der Waals surface area contributed by atoms with E-state index in [1.165, 1.54) is 0 Å². The summed E-state index contributed by atoms with van der Waals surface area (Å²) in [5, 5.41) is 8.94. The third-order valence-electron chi connectivity index (χ3n) is 3.25. The third kappa shape index (κ3) is 2.84. The van der Waals surface area contributed by atoms with Gasteiger partial charge >= 0.3 is 5.97 Å². The number of carbonyl (C=O) groups is 1. The summed E-state index contributed by atoms with van der Waals surface area (Å²) in [4.78, 5) is 12.9. The maximum Gasteiger partial charge on any atom is 0.317 e. The lowest BCUT2D eigenvalue weighted by atomic mass is 10.0. The molecule has 1 saturated heterocycles. The Morgan fingerprint density at radius 2 is 2.39 bits per heavy atom. The Labute approximate surface area is 115 Å². The second-order valence-corrected chi connectivity index (χ2v) is 5.32. The van der Waals surface area contributed by atoms with E-state index in [1.807, 2.05) is 23.1 Å². The molecule has 4 nitrogen and oxygen atoms in total. The number of hydrogen-bond acceptors (Lipinski definition) is 3. The first kappa shape index (κ1) is 13.4. The number of hydrogen-bond donors (Lipinski definition) is 1. The first-order valence-corrected chi connectivity index (χ1v) is 6.70. The summed E-state index contributed by atoms with van der Waals surface area (Å²) >= 11 is 3.45. The van der Waals surface area contributed by atoms with Crippen molar-refractivity contribution in [2.45, 2.75) is 18.9 Å². The highest BCUT2D eigenvalue weighted by molar-refractivity contribution is 9.10. The monoisotopic (exact) mass is 313 g/mol. The zero-order valence-electron chi connectivity index (χ0n) is 10.2. The molecule has 0 aromatic heterocycles. The molecule has 1 atom stereocenters. The van der Waals surface area contributed by atoms with Crippen molar-refractivity contribution in [2.75, 3.05) is 20.2 Å². The van der Waals surface area contributed by atoms with E-state index in [4.69, 9.17) is 9.84 Å². The Bertz CT molecular complexity index is 450. The normalized spacial score (nSPS) is 20.0. The van der Waals surface area contributed by atoms with Crippen LogP contribution in [0.5, 0.6) is 5.75 Å². The second-order valence-electron chi connectivity index (χ2n) is 4.41. The number of ether oxygens (including phenoxy) is 1. The van der Waals surface area contributed by atoms with Gasteiger partial charge in [-0.2, -0.15) is 0 Å². The van der Waals surface area contributed by atoms with Crippen molar-refractivity contribution < 1.29 is 14.6 Å². The zero-order valence-corrected chi connectivity index (χ0v) is 11.8. The fourth-order valence-electron chi connectivity index (χ4n) is 2.51. The van der Waals surface area contributed by atoms with Gasteiger partial charge in [0.25, 0.3) is 0 Å². The van der Waals surface area contributed by atoms with Gasteiger partial charge in [-0.1, -0.05) is 15.9 Å². The summed E-state index contributed by atoms with van der Waals surface area (Å²) in [6.07, 6.45) is 1.99. The van der Waals surface area contributed by atoms with Crippen LogP contribution in [0.4, 0.5) is 0 Å². The van der Waals surface area contributed by atoms with Gasteiger partial charge in [0.1, 0.15) is 5.75 Å². The number of rotatable bonds is 4. The summed E-state index contributed by atoms with van der Waals surface area (Å²) in [6.45, 7) is 0.910. The number of carboxylic acid groups (broad SMARTS) is 1. The highest BCUT2D eigenvalue weighted by atomic mass is 79.9. The van der Waals surface area contributed by atoms with Crippen molar-refractivity contribution in [3.63, 3.8) is 0 Å². The van der Waals surface area contributed by atoms with Crippen molar-refractivity contribution in [3.05, 3.63) is 28.2 Å². The number of methoxy groups -OCH3 is 1. The molecule has 2 rings (SSSR count). The Morgan fingerprint density at radius 3 is 3.06 bits per heavy atom. The maximum absolute atomic E-state index is 10.9. The van der Waals surface area contributed by atoms with Gasteiger partial charge in [-0.3, -0.25) is 9.69 Å². The topological polar surface area (TPSA) is 49.8 Å². The number of likely N-dealkylation sites (tertiary alicyclic amines) is 1. The lowest BCUT2D eigenvalue weighted by Crippen LogP contribution is -2.29. The molecule has 0 saturated carbocycles. The molecule has 1 heterocycles. The molecule has 0 unspecified atom stereocenters. The van der Waals surface area contributed by atoms with Gasteiger partial charge in [-0.05, 0) is 37.6 Å². The minimum absolute atomic E-state index is 0.0837. The van der Waals surface area contributed by atoms with E-state index < -0.39 is 5.97 Å². The molecule has 98 valence electrons. The highest BCUT2D eigenvalue weighted by Crippen LogP contribution is 2.38. The van der Waals surface area contributed by atoms with Crippen molar-refractivity contribution >= 4 is 21.9 Å². The van der Waals surface area contributed by atoms with Crippen LogP contribution < -0.4 is 4.74 Å². The number of halogens is 1. The standard InChI is InChI=1S/C13H16BrNO3/c1-18-12-5-4-9(14)7-10(12)11-3-2-6-15(11)8-13(16)17/h4-5,7,11H,2-3,6,8H2,1H3,(H,16,17)/t11-/m1/s1. The first-order chi connectivity index (χ1) is 8.61. The Morgan fingerprint density at radius 1 is 1.61 bits per heavy atom. The van der Waals surface area contributed by atoms with Crippen LogP contribution in [0.15, 0.2) is 22.7 Å². The van der Waals surface area contributed by atoms with Gasteiger partial charge in [0.05, 0.1) is 13.7 Å². The molecular formula is C13H16BrNO3. The van der Waals surface area contributed by atoms with Crippen LogP contribution in [-0.2, 0) is 4.79 Å². The van der Waals surface area contributed by atoms with Gasteiger partial charge in [0, 0.05) is 16.1 Å². The fourth-order valence-corrected chi connectivity index (χ4v) is 2.89. The van der Waals surface area contributed by atoms with Gasteiger partial charge in [-0.15, -0.1) is 0 Å². The van der Waals surface area contributed by atoms with Crippen LogP contribution in [0.3, 0.4) is 0 Å². The largest absolute Gasteiger partial charge is 0.496 e. The summed E-state index contributed by atoms with van der Waals surface area (Å²) in [5.41, 5.74) is 1.06. The summed E-state index contributed by atoms with van der Waals surface area (Å²) < 4.78 is 6.36. The van der Waals surface area contributed by atoms with Crippen LogP contribution in [0.1, 0.15) is 24.4 Å². The summed E-state index contributed by atoms with van der Waals surface area (Å²) in [5.74, 6) is 0.0383. The minimum Gasteiger partial charge on any atom is -0.496 e. The van der Waals surface area contributed by atoms with E-state index in [0.29, 0.717) is 0 Å². The van der Waals surface area contributed by atoms with Crippen molar-refractivity contribution in [2.24, 2.45) is 0 Å². The summed E-state index contributed by atoms with van der Waals surface area (Å²) in [7, 11) is 1.64. The van der Waals surface area contributed by atoms with Crippen LogP contribution in [0.25, 0.3) is 0 Å². The SMILES string of the molecule is COc1ccc(Br)cc1[C@H]1CCCN1CC(=O)O. The zero-order chi connectivity index (χ0) is 13.1. The average Bonchev–Trinajstić information content (AvgIpc) is 2.76. The number of carboxylic acids is 1. The van der Waals surface area contributed by atoms with E-state index in [0.717, 1.165) is 35.2 Å². The Kier molecular flexibility index (Phi) is 4.24. The number of aliphatic carboxylic acids is 1. The van der Waals surface area contributed by atoms with Crippen LogP contribution in [0, 0.1) is 0 Å². The van der Waals surface area contributed by atoms with E-state index in [9.17, 15) is 4.79 Å². The molecule has 1 aliphatic heterocycles. The molecule has 1 aliphatic rings. The van der Waals surface area contributed by atoms with E-state index in [1.54, 1.807) is 7.11 Å². The van der Waals surface area contributed by atoms with E-state index in [2.05, 4.69) is 15.9 Å². The molecule has 0 amide bonds. The predicted molar refractivity (Wildman–Crippen MR) is 71.9 cm³/mol. The van der Waals surface area contributed by atoms with E-state index >= 15 is 0 Å². The Hall–Kier alpha value is -1.07. The third-order valence-corrected chi connectivity index (χ3v) is 3.75. The quantitative estimate of drug-likeness (QED) is 0.928. The van der Waals surface area contributed by atoms with Crippen LogP contribution >= 0.6 is 15.9 Å². The summed E-state index contributed by atoms with van der Waals surface area (Å²) in [6, 6.07) is 5.99. The Balaban J connectivity index is 2.29. The molecule has 0 spiro atoms. The molecule has 0 bridgehead atoms. The van der Waals surface area contributed by atoms with Gasteiger partial charge < -0.3 is 9.84 Å². The molecular weight excluding hydrogens is 298 g/mol. The van der Waals surface area contributed by atoms with Crippen LogP contribution in [0.2, 0.25) is 0 Å². The molecule has 1 N–H and O–H groups in total. The number of nitrogens with zero attached hydrogens (tertiary/aromatic N) is 1. The van der Waals surface area contributed by atoms with Crippen molar-refractivity contribution in [3.8, 4) is 5.75 Å². The maximum atomic E-state index is 10.9. The fraction of sp³-hybridized carbons (Fsp3) is 0.462. The van der Waals surface area contributed by atoms with Gasteiger partial charge in [0.15, 0.2) is 0 Å². The molecule has 1 aromatic rings. The van der Waals surface area contributed by atoms with E-state index in [-0.39, 0.29) is 12.6 Å². The second kappa shape index (κ2) is 5.71. The lowest BCUT2D eigenvalue weighted by molar-refractivity contribution is -0.138. The molecule has 0 radical (unpaired) electrons. The van der Waals surface area contributed by atoms with Gasteiger partial charge in [-0.25, -0.2) is 0 Å². The van der Waals surface area contributed by atoms with Gasteiger partial charge in [0.2, 0.25) is 0 Å². The smallest absolute Gasteiger partial charge is 0.317 e. The highest BCUT2D eigenvalue weighted by Gasteiger charge is 2.29.